The molecule has 0 aliphatic carbocycles. The van der Waals surface area contributed by atoms with Crippen LogP contribution in [-0.2, 0) is 0 Å². The number of allylic oxidation sites excluding steroid dienone is 1. The molecule has 1 heterocycles. The van der Waals surface area contributed by atoms with E-state index in [1.54, 1.807) is 0 Å². The molecule has 0 aromatic heterocycles. The molecule has 0 radical (unpaired) electrons. The lowest BCUT2D eigenvalue weighted by Crippen LogP contribution is -2.12. The zero-order valence-corrected chi connectivity index (χ0v) is 9.03. The van der Waals surface area contributed by atoms with Gasteiger partial charge in [-0.15, -0.1) is 0 Å². The van der Waals surface area contributed by atoms with Gasteiger partial charge in [-0.2, -0.15) is 0 Å². The van der Waals surface area contributed by atoms with Crippen LogP contribution in [0.15, 0.2) is 24.4 Å². The first-order valence-electron chi connectivity index (χ1n) is 5.26. The molecule has 0 saturated heterocycles. The van der Waals surface area contributed by atoms with Crippen LogP contribution in [0.3, 0.4) is 0 Å². The van der Waals surface area contributed by atoms with Crippen LogP contribution in [0, 0.1) is 11.8 Å². The standard InChI is InChI=1S/C12H21N/c1-11(2)10-12(3)6-9-13-7-4-5-8-13/h4-6,9,11-12H,7-8,10H2,1-3H3. The number of nitrogens with zero attached hydrogens (tertiary/aromatic N) is 1. The third-order valence-electron chi connectivity index (χ3n) is 2.32. The van der Waals surface area contributed by atoms with Crippen LogP contribution in [0.4, 0.5) is 0 Å². The van der Waals surface area contributed by atoms with Crippen molar-refractivity contribution in [3.63, 3.8) is 0 Å². The first-order valence-corrected chi connectivity index (χ1v) is 5.26. The van der Waals surface area contributed by atoms with Crippen LogP contribution < -0.4 is 0 Å². The van der Waals surface area contributed by atoms with Gasteiger partial charge in [0.05, 0.1) is 0 Å². The van der Waals surface area contributed by atoms with Crippen molar-refractivity contribution in [3.05, 3.63) is 24.4 Å². The molecule has 13 heavy (non-hydrogen) atoms. The highest BCUT2D eigenvalue weighted by molar-refractivity contribution is 5.01. The zero-order chi connectivity index (χ0) is 9.68. The van der Waals surface area contributed by atoms with E-state index in [0.717, 1.165) is 19.0 Å². The maximum atomic E-state index is 2.33. The van der Waals surface area contributed by atoms with Gasteiger partial charge in [-0.05, 0) is 24.5 Å². The molecule has 0 aromatic rings. The Balaban J connectivity index is 2.22. The average molecular weight is 179 g/mol. The molecule has 74 valence electrons. The molecule has 1 heteroatoms. The van der Waals surface area contributed by atoms with E-state index < -0.39 is 0 Å². The van der Waals surface area contributed by atoms with Crippen molar-refractivity contribution >= 4 is 0 Å². The summed E-state index contributed by atoms with van der Waals surface area (Å²) >= 11 is 0. The minimum atomic E-state index is 0.709. The second-order valence-electron chi connectivity index (χ2n) is 4.37. The van der Waals surface area contributed by atoms with Crippen LogP contribution in [0.2, 0.25) is 0 Å². The number of rotatable bonds is 4. The molecule has 0 N–H and O–H groups in total. The van der Waals surface area contributed by atoms with Crippen molar-refractivity contribution in [1.29, 1.82) is 0 Å². The Hall–Kier alpha value is -0.720. The van der Waals surface area contributed by atoms with Crippen molar-refractivity contribution in [2.75, 3.05) is 13.1 Å². The zero-order valence-electron chi connectivity index (χ0n) is 9.03. The highest BCUT2D eigenvalue weighted by Crippen LogP contribution is 2.12. The molecule has 1 aliphatic heterocycles. The van der Waals surface area contributed by atoms with Crippen molar-refractivity contribution in [2.45, 2.75) is 27.2 Å². The van der Waals surface area contributed by atoms with Crippen molar-refractivity contribution in [1.82, 2.24) is 4.90 Å². The molecule has 0 saturated carbocycles. The van der Waals surface area contributed by atoms with Gasteiger partial charge in [-0.3, -0.25) is 0 Å². The highest BCUT2D eigenvalue weighted by atomic mass is 15.1. The van der Waals surface area contributed by atoms with Gasteiger partial charge >= 0.3 is 0 Å². The van der Waals surface area contributed by atoms with Crippen LogP contribution in [-0.4, -0.2) is 18.0 Å². The van der Waals surface area contributed by atoms with E-state index >= 15 is 0 Å². The van der Waals surface area contributed by atoms with Gasteiger partial charge in [0.25, 0.3) is 0 Å². The summed E-state index contributed by atoms with van der Waals surface area (Å²) < 4.78 is 0. The predicted octanol–water partition coefficient (Wildman–Crippen LogP) is 3.05. The molecule has 1 atom stereocenters. The Morgan fingerprint density at radius 3 is 2.38 bits per heavy atom. The summed E-state index contributed by atoms with van der Waals surface area (Å²) in [7, 11) is 0. The quantitative estimate of drug-likeness (QED) is 0.599. The van der Waals surface area contributed by atoms with Gasteiger partial charge in [0.15, 0.2) is 0 Å². The van der Waals surface area contributed by atoms with E-state index in [1.807, 2.05) is 0 Å². The van der Waals surface area contributed by atoms with E-state index in [4.69, 9.17) is 0 Å². The van der Waals surface area contributed by atoms with Gasteiger partial charge < -0.3 is 4.90 Å². The molecule has 0 bridgehead atoms. The van der Waals surface area contributed by atoms with Crippen molar-refractivity contribution in [3.8, 4) is 0 Å². The third kappa shape index (κ3) is 4.16. The maximum absolute atomic E-state index is 2.33. The molecule has 1 rings (SSSR count). The molecular formula is C12H21N. The normalized spacial score (nSPS) is 19.2. The second-order valence-corrected chi connectivity index (χ2v) is 4.37. The molecule has 1 unspecified atom stereocenters. The summed E-state index contributed by atoms with van der Waals surface area (Å²) in [5.74, 6) is 1.51. The number of hydrogen-bond donors (Lipinski definition) is 0. The van der Waals surface area contributed by atoms with Crippen molar-refractivity contribution < 1.29 is 0 Å². The summed E-state index contributed by atoms with van der Waals surface area (Å²) in [6.07, 6.45) is 10.3. The minimum absolute atomic E-state index is 0.709. The molecule has 1 aliphatic rings. The minimum Gasteiger partial charge on any atom is -0.370 e. The summed E-state index contributed by atoms with van der Waals surface area (Å²) in [5.41, 5.74) is 0. The van der Waals surface area contributed by atoms with E-state index in [1.165, 1.54) is 6.42 Å². The van der Waals surface area contributed by atoms with E-state index in [2.05, 4.69) is 50.1 Å². The van der Waals surface area contributed by atoms with E-state index in [-0.39, 0.29) is 0 Å². The smallest absolute Gasteiger partial charge is 0.0358 e. The van der Waals surface area contributed by atoms with Crippen LogP contribution in [0.25, 0.3) is 0 Å². The molecule has 0 fully saturated rings. The lowest BCUT2D eigenvalue weighted by Gasteiger charge is -2.13. The third-order valence-corrected chi connectivity index (χ3v) is 2.32. The van der Waals surface area contributed by atoms with Gasteiger partial charge in [-0.25, -0.2) is 0 Å². The molecular weight excluding hydrogens is 158 g/mol. The Labute approximate surface area is 82.1 Å². The fourth-order valence-electron chi connectivity index (χ4n) is 1.71. The lowest BCUT2D eigenvalue weighted by molar-refractivity contribution is 0.465. The summed E-state index contributed by atoms with van der Waals surface area (Å²) in [6.45, 7) is 9.03. The highest BCUT2D eigenvalue weighted by Gasteiger charge is 2.03. The Morgan fingerprint density at radius 2 is 1.85 bits per heavy atom. The van der Waals surface area contributed by atoms with Crippen LogP contribution >= 0.6 is 0 Å². The maximum Gasteiger partial charge on any atom is 0.0358 e. The first kappa shape index (κ1) is 10.4. The van der Waals surface area contributed by atoms with E-state index in [0.29, 0.717) is 5.92 Å². The topological polar surface area (TPSA) is 3.24 Å². The average Bonchev–Trinajstić information content (AvgIpc) is 2.51. The molecule has 0 spiro atoms. The largest absolute Gasteiger partial charge is 0.370 e. The SMILES string of the molecule is CC(C)CC(C)C=CN1CC=CC1. The van der Waals surface area contributed by atoms with Gasteiger partial charge in [0.1, 0.15) is 0 Å². The Morgan fingerprint density at radius 1 is 1.23 bits per heavy atom. The predicted molar refractivity (Wildman–Crippen MR) is 58.5 cm³/mol. The fraction of sp³-hybridized carbons (Fsp3) is 0.667. The van der Waals surface area contributed by atoms with Crippen LogP contribution in [0.1, 0.15) is 27.2 Å². The first-order chi connectivity index (χ1) is 6.18. The molecule has 0 amide bonds. The van der Waals surface area contributed by atoms with Crippen molar-refractivity contribution in [2.24, 2.45) is 11.8 Å². The Bertz CT molecular complexity index is 183. The van der Waals surface area contributed by atoms with Gasteiger partial charge in [0, 0.05) is 13.1 Å². The molecule has 1 nitrogen and oxygen atoms in total. The summed E-state index contributed by atoms with van der Waals surface area (Å²) in [4.78, 5) is 2.33. The summed E-state index contributed by atoms with van der Waals surface area (Å²) in [6, 6.07) is 0. The Kier molecular flexibility index (Phi) is 4.07. The van der Waals surface area contributed by atoms with Gasteiger partial charge in [-0.1, -0.05) is 39.0 Å². The number of hydrogen-bond acceptors (Lipinski definition) is 1. The monoisotopic (exact) mass is 179 g/mol. The van der Waals surface area contributed by atoms with Gasteiger partial charge in [0.2, 0.25) is 0 Å². The second kappa shape index (κ2) is 5.11. The van der Waals surface area contributed by atoms with Crippen LogP contribution in [0.5, 0.6) is 0 Å². The fourth-order valence-corrected chi connectivity index (χ4v) is 1.71. The summed E-state index contributed by atoms with van der Waals surface area (Å²) in [5, 5.41) is 0. The lowest BCUT2D eigenvalue weighted by atomic mass is 9.99. The van der Waals surface area contributed by atoms with E-state index in [9.17, 15) is 0 Å². The molecule has 0 aromatic carbocycles.